The minimum atomic E-state index is -0.0236. The SMILES string of the molecule is CC1(C)c2ccccc2-c2cc(N(C3=CCCC(c4ccc(Nc5ccncc5)c(C=N)c4)=C3)c3ccccc3)ccc21. The zero-order valence-electron chi connectivity index (χ0n) is 24.5. The quantitative estimate of drug-likeness (QED) is 0.195. The molecule has 0 unspecified atom stereocenters. The monoisotopic (exact) mass is 558 g/mol. The Morgan fingerprint density at radius 3 is 2.37 bits per heavy atom. The number of benzene rings is 4. The van der Waals surface area contributed by atoms with Crippen LogP contribution in [0.1, 0.15) is 48.9 Å². The molecular formula is C39H34N4. The van der Waals surface area contributed by atoms with E-state index in [0.717, 1.165) is 52.4 Å². The van der Waals surface area contributed by atoms with Crippen LogP contribution in [-0.2, 0) is 5.41 Å². The number of hydrogen-bond donors (Lipinski definition) is 2. The summed E-state index contributed by atoms with van der Waals surface area (Å²) >= 11 is 0. The van der Waals surface area contributed by atoms with Crippen LogP contribution in [0.25, 0.3) is 16.7 Å². The molecule has 0 saturated heterocycles. The molecule has 0 spiro atoms. The third-order valence-electron chi connectivity index (χ3n) is 8.72. The van der Waals surface area contributed by atoms with Crippen LogP contribution in [0.2, 0.25) is 0 Å². The molecule has 0 saturated carbocycles. The smallest absolute Gasteiger partial charge is 0.0473 e. The van der Waals surface area contributed by atoms with Crippen molar-refractivity contribution in [3.05, 3.63) is 156 Å². The molecule has 0 fully saturated rings. The first-order valence-electron chi connectivity index (χ1n) is 14.9. The lowest BCUT2D eigenvalue weighted by Gasteiger charge is -2.30. The molecular weight excluding hydrogens is 524 g/mol. The van der Waals surface area contributed by atoms with Crippen LogP contribution in [0.4, 0.5) is 22.7 Å². The second-order valence-electron chi connectivity index (χ2n) is 11.7. The van der Waals surface area contributed by atoms with E-state index in [4.69, 9.17) is 5.41 Å². The molecule has 7 rings (SSSR count). The number of nitrogens with one attached hydrogen (secondary N) is 2. The fourth-order valence-corrected chi connectivity index (χ4v) is 6.53. The van der Waals surface area contributed by atoms with Gasteiger partial charge in [0.1, 0.15) is 0 Å². The van der Waals surface area contributed by atoms with Gasteiger partial charge in [-0.2, -0.15) is 0 Å². The molecule has 2 aliphatic carbocycles. The normalized spacial score (nSPS) is 14.7. The minimum Gasteiger partial charge on any atom is -0.355 e. The van der Waals surface area contributed by atoms with Gasteiger partial charge in [0.25, 0.3) is 0 Å². The molecule has 2 aliphatic rings. The maximum absolute atomic E-state index is 8.12. The Morgan fingerprint density at radius 2 is 1.56 bits per heavy atom. The topological polar surface area (TPSA) is 52.0 Å². The Labute approximate surface area is 253 Å². The number of fused-ring (bicyclic) bond motifs is 3. The van der Waals surface area contributed by atoms with E-state index in [1.54, 1.807) is 12.4 Å². The first-order valence-corrected chi connectivity index (χ1v) is 14.9. The number of para-hydroxylation sites is 1. The summed E-state index contributed by atoms with van der Waals surface area (Å²) in [6.07, 6.45) is 11.5. The summed E-state index contributed by atoms with van der Waals surface area (Å²) in [6.45, 7) is 4.65. The van der Waals surface area contributed by atoms with Gasteiger partial charge in [0.2, 0.25) is 0 Å². The van der Waals surface area contributed by atoms with Gasteiger partial charge in [0.15, 0.2) is 0 Å². The molecule has 5 aromatic rings. The average Bonchev–Trinajstić information content (AvgIpc) is 3.28. The summed E-state index contributed by atoms with van der Waals surface area (Å²) in [4.78, 5) is 6.48. The van der Waals surface area contributed by atoms with Crippen molar-refractivity contribution in [2.75, 3.05) is 10.2 Å². The second-order valence-corrected chi connectivity index (χ2v) is 11.7. The van der Waals surface area contributed by atoms with Crippen LogP contribution in [0, 0.1) is 5.41 Å². The molecule has 4 heteroatoms. The number of hydrogen-bond acceptors (Lipinski definition) is 4. The summed E-state index contributed by atoms with van der Waals surface area (Å²) in [5, 5.41) is 11.5. The maximum Gasteiger partial charge on any atom is 0.0473 e. The zero-order valence-corrected chi connectivity index (χ0v) is 24.5. The van der Waals surface area contributed by atoms with Crippen LogP contribution in [0.5, 0.6) is 0 Å². The molecule has 1 aromatic heterocycles. The van der Waals surface area contributed by atoms with Crippen molar-refractivity contribution in [1.29, 1.82) is 5.41 Å². The van der Waals surface area contributed by atoms with E-state index in [-0.39, 0.29) is 5.41 Å². The van der Waals surface area contributed by atoms with Gasteiger partial charge in [0.05, 0.1) is 0 Å². The fourth-order valence-electron chi connectivity index (χ4n) is 6.53. The highest BCUT2D eigenvalue weighted by atomic mass is 15.1. The Hall–Kier alpha value is -5.22. The summed E-state index contributed by atoms with van der Waals surface area (Å²) in [5.74, 6) is 0. The molecule has 0 aliphatic heterocycles. The second kappa shape index (κ2) is 10.9. The van der Waals surface area contributed by atoms with E-state index in [0.29, 0.717) is 0 Å². The van der Waals surface area contributed by atoms with Crippen molar-refractivity contribution in [2.24, 2.45) is 0 Å². The molecule has 4 nitrogen and oxygen atoms in total. The van der Waals surface area contributed by atoms with E-state index in [1.165, 1.54) is 34.0 Å². The lowest BCUT2D eigenvalue weighted by molar-refractivity contribution is 0.660. The lowest BCUT2D eigenvalue weighted by Crippen LogP contribution is -2.18. The minimum absolute atomic E-state index is 0.0236. The number of nitrogens with zero attached hydrogens (tertiary/aromatic N) is 2. The van der Waals surface area contributed by atoms with Crippen molar-refractivity contribution in [2.45, 2.75) is 32.1 Å². The average molecular weight is 559 g/mol. The summed E-state index contributed by atoms with van der Waals surface area (Å²) < 4.78 is 0. The van der Waals surface area contributed by atoms with Crippen LogP contribution in [0.3, 0.4) is 0 Å². The number of pyridine rings is 1. The van der Waals surface area contributed by atoms with E-state index < -0.39 is 0 Å². The van der Waals surface area contributed by atoms with Crippen molar-refractivity contribution < 1.29 is 0 Å². The Bertz CT molecular complexity index is 1880. The Balaban J connectivity index is 1.28. The maximum atomic E-state index is 8.12. The van der Waals surface area contributed by atoms with Crippen LogP contribution < -0.4 is 10.2 Å². The van der Waals surface area contributed by atoms with Crippen molar-refractivity contribution in [3.63, 3.8) is 0 Å². The lowest BCUT2D eigenvalue weighted by atomic mass is 9.82. The molecule has 0 bridgehead atoms. The fraction of sp³-hybridized carbons (Fsp3) is 0.128. The van der Waals surface area contributed by atoms with Crippen molar-refractivity contribution in [1.82, 2.24) is 4.98 Å². The highest BCUT2D eigenvalue weighted by Crippen LogP contribution is 2.50. The first-order chi connectivity index (χ1) is 21.0. The molecule has 4 aromatic carbocycles. The molecule has 2 N–H and O–H groups in total. The van der Waals surface area contributed by atoms with Gasteiger partial charge >= 0.3 is 0 Å². The van der Waals surface area contributed by atoms with Gasteiger partial charge in [-0.15, -0.1) is 0 Å². The van der Waals surface area contributed by atoms with E-state index in [9.17, 15) is 0 Å². The largest absolute Gasteiger partial charge is 0.355 e. The van der Waals surface area contributed by atoms with Crippen LogP contribution >= 0.6 is 0 Å². The Kier molecular flexibility index (Phi) is 6.75. The summed E-state index contributed by atoms with van der Waals surface area (Å²) in [7, 11) is 0. The number of aromatic nitrogens is 1. The van der Waals surface area contributed by atoms with Gasteiger partial charge in [-0.3, -0.25) is 4.98 Å². The van der Waals surface area contributed by atoms with Crippen LogP contribution in [-0.4, -0.2) is 11.2 Å². The van der Waals surface area contributed by atoms with Crippen molar-refractivity contribution in [3.8, 4) is 11.1 Å². The molecule has 43 heavy (non-hydrogen) atoms. The predicted molar refractivity (Wildman–Crippen MR) is 180 cm³/mol. The highest BCUT2D eigenvalue weighted by Gasteiger charge is 2.35. The zero-order chi connectivity index (χ0) is 29.4. The summed E-state index contributed by atoms with van der Waals surface area (Å²) in [5.41, 5.74) is 13.9. The molecule has 210 valence electrons. The van der Waals surface area contributed by atoms with E-state index >= 15 is 0 Å². The van der Waals surface area contributed by atoms with Gasteiger partial charge in [0, 0.05) is 58.0 Å². The predicted octanol–water partition coefficient (Wildman–Crippen LogP) is 10.0. The van der Waals surface area contributed by atoms with Gasteiger partial charge in [-0.25, -0.2) is 0 Å². The molecule has 0 radical (unpaired) electrons. The standard InChI is InChI=1S/C39H34N4/c1-39(2)36-14-7-6-13-34(36)35-25-33(16-17-37(35)39)43(31-10-4-3-5-11-31)32-12-8-9-27(24-32)28-15-18-38(29(23-28)26-40)42-30-19-21-41-22-20-30/h3-7,10-26,40H,8-9H2,1-2H3,(H,41,42). The molecule has 0 amide bonds. The molecule has 0 atom stereocenters. The summed E-state index contributed by atoms with van der Waals surface area (Å²) in [6, 6.07) is 36.6. The third kappa shape index (κ3) is 4.85. The number of anilines is 4. The first kappa shape index (κ1) is 26.7. The third-order valence-corrected chi connectivity index (χ3v) is 8.72. The van der Waals surface area contributed by atoms with Crippen LogP contribution in [0.15, 0.2) is 133 Å². The van der Waals surface area contributed by atoms with E-state index in [2.05, 4.69) is 132 Å². The van der Waals surface area contributed by atoms with E-state index in [1.807, 2.05) is 12.1 Å². The Morgan fingerprint density at radius 1 is 0.791 bits per heavy atom. The highest BCUT2D eigenvalue weighted by molar-refractivity contribution is 5.90. The van der Waals surface area contributed by atoms with Gasteiger partial charge < -0.3 is 15.6 Å². The molecule has 1 heterocycles. The van der Waals surface area contributed by atoms with Gasteiger partial charge in [-0.1, -0.05) is 74.5 Å². The number of rotatable bonds is 7. The van der Waals surface area contributed by atoms with Gasteiger partial charge in [-0.05, 0) is 101 Å². The van der Waals surface area contributed by atoms with Crippen molar-refractivity contribution >= 4 is 34.5 Å². The number of allylic oxidation sites excluding steroid dienone is 3.